The second kappa shape index (κ2) is 3.31. The van der Waals surface area contributed by atoms with Gasteiger partial charge >= 0.3 is 0 Å². The smallest absolute Gasteiger partial charge is 0.291 e. The van der Waals surface area contributed by atoms with Gasteiger partial charge in [0.15, 0.2) is 0 Å². The van der Waals surface area contributed by atoms with E-state index in [1.807, 2.05) is 0 Å². The number of carbonyl (C=O) groups excluding carboxylic acids is 1. The van der Waals surface area contributed by atoms with Crippen molar-refractivity contribution in [3.63, 3.8) is 0 Å². The number of hydrogen-bond donors (Lipinski definition) is 1. The van der Waals surface area contributed by atoms with Gasteiger partial charge in [-0.25, -0.2) is 0 Å². The second-order valence-corrected chi connectivity index (χ2v) is 2.36. The van der Waals surface area contributed by atoms with Crippen molar-refractivity contribution in [3.05, 3.63) is 24.5 Å². The maximum atomic E-state index is 10.4. The van der Waals surface area contributed by atoms with E-state index in [2.05, 4.69) is 26.2 Å². The molecule has 1 aromatic rings. The largest absolute Gasteiger partial charge is 0.315 e. The summed E-state index contributed by atoms with van der Waals surface area (Å²) in [5.41, 5.74) is 0.685. The van der Waals surface area contributed by atoms with Gasteiger partial charge in [-0.05, 0) is 12.1 Å². The molecule has 52 valence electrons. The van der Waals surface area contributed by atoms with Crippen LogP contribution in [0.25, 0.3) is 0 Å². The number of halogens is 1. The highest BCUT2D eigenvalue weighted by Crippen LogP contribution is 2.03. The zero-order valence-corrected chi connectivity index (χ0v) is 6.63. The number of anilines is 1. The molecule has 1 N–H and O–H groups in total. The Balaban J connectivity index is 2.67. The van der Waals surface area contributed by atoms with Crippen LogP contribution in [0, 0.1) is 0 Å². The zero-order valence-electron chi connectivity index (χ0n) is 5.04. The fourth-order valence-electron chi connectivity index (χ4n) is 0.550. The lowest BCUT2D eigenvalue weighted by molar-refractivity contribution is 0.270. The Morgan fingerprint density at radius 2 is 2.50 bits per heavy atom. The van der Waals surface area contributed by atoms with Gasteiger partial charge in [-0.3, -0.25) is 9.78 Å². The maximum absolute atomic E-state index is 10.4. The average Bonchev–Trinajstić information content (AvgIpc) is 1.88. The Hall–Kier alpha value is -0.900. The molecule has 0 aliphatic carbocycles. The van der Waals surface area contributed by atoms with Gasteiger partial charge in [-0.15, -0.1) is 0 Å². The molecule has 0 aromatic carbocycles. The molecule has 1 aromatic heterocycles. The summed E-state index contributed by atoms with van der Waals surface area (Å²) >= 11 is 2.73. The first-order valence-corrected chi connectivity index (χ1v) is 3.45. The Morgan fingerprint density at radius 3 is 3.00 bits per heavy atom. The van der Waals surface area contributed by atoms with Crippen molar-refractivity contribution in [1.82, 2.24) is 4.98 Å². The lowest BCUT2D eigenvalue weighted by Crippen LogP contribution is -1.99. The first-order chi connectivity index (χ1) is 4.79. The fourth-order valence-corrected chi connectivity index (χ4v) is 0.779. The molecule has 3 nitrogen and oxygen atoms in total. The van der Waals surface area contributed by atoms with Gasteiger partial charge < -0.3 is 5.32 Å². The molecule has 0 aliphatic rings. The summed E-state index contributed by atoms with van der Waals surface area (Å²) in [5, 5.41) is 2.52. The predicted molar refractivity (Wildman–Crippen MR) is 42.2 cm³/mol. The van der Waals surface area contributed by atoms with Gasteiger partial charge in [0, 0.05) is 22.1 Å². The van der Waals surface area contributed by atoms with E-state index in [1.54, 1.807) is 24.5 Å². The Bertz CT molecular complexity index is 224. The monoisotopic (exact) mass is 200 g/mol. The van der Waals surface area contributed by atoms with Gasteiger partial charge in [0.05, 0.1) is 11.9 Å². The molecule has 0 bridgehead atoms. The third kappa shape index (κ3) is 2.14. The molecule has 0 aliphatic heterocycles. The van der Waals surface area contributed by atoms with E-state index >= 15 is 0 Å². The van der Waals surface area contributed by atoms with Crippen LogP contribution >= 0.6 is 15.9 Å². The van der Waals surface area contributed by atoms with E-state index in [0.717, 1.165) is 0 Å². The summed E-state index contributed by atoms with van der Waals surface area (Å²) in [7, 11) is 0. The molecule has 0 saturated heterocycles. The fraction of sp³-hybridized carbons (Fsp3) is 0. The van der Waals surface area contributed by atoms with Crippen LogP contribution in [0.2, 0.25) is 0 Å². The quantitative estimate of drug-likeness (QED) is 0.557. The Morgan fingerprint density at radius 1 is 1.70 bits per heavy atom. The lowest BCUT2D eigenvalue weighted by atomic mass is 10.4. The summed E-state index contributed by atoms with van der Waals surface area (Å²) in [6.07, 6.45) is 3.21. The third-order valence-electron chi connectivity index (χ3n) is 0.904. The molecule has 1 amide bonds. The summed E-state index contributed by atoms with van der Waals surface area (Å²) < 4.78 is 0. The van der Waals surface area contributed by atoms with E-state index in [4.69, 9.17) is 0 Å². The van der Waals surface area contributed by atoms with Crippen molar-refractivity contribution in [3.8, 4) is 0 Å². The van der Waals surface area contributed by atoms with Crippen LogP contribution in [0.15, 0.2) is 24.5 Å². The number of nitrogens with one attached hydrogen (secondary N) is 1. The molecule has 0 spiro atoms. The van der Waals surface area contributed by atoms with Crippen LogP contribution in [-0.4, -0.2) is 9.80 Å². The predicted octanol–water partition coefficient (Wildman–Crippen LogP) is 2.01. The van der Waals surface area contributed by atoms with Crippen LogP contribution in [0.4, 0.5) is 10.5 Å². The average molecular weight is 201 g/mol. The third-order valence-corrected chi connectivity index (χ3v) is 1.10. The number of pyridine rings is 1. The normalized spacial score (nSPS) is 8.90. The minimum Gasteiger partial charge on any atom is -0.315 e. The number of aromatic nitrogens is 1. The first kappa shape index (κ1) is 7.21. The van der Waals surface area contributed by atoms with Crippen LogP contribution in [0.1, 0.15) is 0 Å². The molecule has 0 saturated carbocycles. The van der Waals surface area contributed by atoms with Crippen LogP contribution in [0.5, 0.6) is 0 Å². The van der Waals surface area contributed by atoms with Crippen LogP contribution in [-0.2, 0) is 0 Å². The highest BCUT2D eigenvalue weighted by Gasteiger charge is 1.92. The van der Waals surface area contributed by atoms with E-state index in [9.17, 15) is 4.79 Å². The molecule has 4 heteroatoms. The summed E-state index contributed by atoms with van der Waals surface area (Å²) in [6, 6.07) is 3.50. The summed E-state index contributed by atoms with van der Waals surface area (Å²) in [4.78, 5) is 13.9. The maximum Gasteiger partial charge on any atom is 0.291 e. The van der Waals surface area contributed by atoms with Crippen molar-refractivity contribution in [1.29, 1.82) is 0 Å². The zero-order chi connectivity index (χ0) is 7.40. The van der Waals surface area contributed by atoms with Crippen LogP contribution in [0.3, 0.4) is 0 Å². The molecule has 0 atom stereocenters. The van der Waals surface area contributed by atoms with Gasteiger partial charge in [-0.1, -0.05) is 0 Å². The van der Waals surface area contributed by atoms with E-state index in [1.165, 1.54) is 0 Å². The lowest BCUT2D eigenvalue weighted by Gasteiger charge is -1.96. The highest BCUT2D eigenvalue weighted by molar-refractivity contribution is 9.18. The summed E-state index contributed by atoms with van der Waals surface area (Å²) in [5.74, 6) is 0. The molecular weight excluding hydrogens is 196 g/mol. The van der Waals surface area contributed by atoms with E-state index in [-0.39, 0.29) is 4.82 Å². The van der Waals surface area contributed by atoms with Gasteiger partial charge in [0.2, 0.25) is 0 Å². The molecule has 1 rings (SSSR count). The van der Waals surface area contributed by atoms with Crippen molar-refractivity contribution in [2.24, 2.45) is 0 Å². The number of hydrogen-bond acceptors (Lipinski definition) is 2. The van der Waals surface area contributed by atoms with Crippen molar-refractivity contribution in [2.45, 2.75) is 0 Å². The van der Waals surface area contributed by atoms with Crippen molar-refractivity contribution in [2.75, 3.05) is 5.32 Å². The standard InChI is InChI=1S/C6H5BrN2O/c7-6(10)9-5-2-1-3-8-4-5/h1-4H,(H,9,10). The minimum absolute atomic E-state index is 0.263. The summed E-state index contributed by atoms with van der Waals surface area (Å²) in [6.45, 7) is 0. The SMILES string of the molecule is O=C(Br)Nc1cccnc1. The Kier molecular flexibility index (Phi) is 2.39. The first-order valence-electron chi connectivity index (χ1n) is 2.65. The van der Waals surface area contributed by atoms with Crippen molar-refractivity contribution < 1.29 is 4.79 Å². The van der Waals surface area contributed by atoms with Crippen molar-refractivity contribution >= 4 is 26.4 Å². The van der Waals surface area contributed by atoms with E-state index in [0.29, 0.717) is 5.69 Å². The second-order valence-electron chi connectivity index (χ2n) is 1.64. The van der Waals surface area contributed by atoms with Gasteiger partial charge in [-0.2, -0.15) is 0 Å². The number of rotatable bonds is 1. The molecule has 0 radical (unpaired) electrons. The molecule has 0 fully saturated rings. The van der Waals surface area contributed by atoms with Gasteiger partial charge in [0.25, 0.3) is 4.82 Å². The van der Waals surface area contributed by atoms with E-state index < -0.39 is 0 Å². The molecule has 10 heavy (non-hydrogen) atoms. The molecule has 1 heterocycles. The number of carbonyl (C=O) groups is 1. The van der Waals surface area contributed by atoms with Gasteiger partial charge in [0.1, 0.15) is 0 Å². The topological polar surface area (TPSA) is 42.0 Å². The Labute approximate surface area is 66.6 Å². The number of amides is 1. The molecular formula is C6H5BrN2O. The highest BCUT2D eigenvalue weighted by atomic mass is 79.9. The minimum atomic E-state index is -0.263. The number of nitrogens with zero attached hydrogens (tertiary/aromatic N) is 1. The van der Waals surface area contributed by atoms with Crippen LogP contribution < -0.4 is 5.32 Å². The molecule has 0 unspecified atom stereocenters.